The maximum atomic E-state index is 12.9. The largest absolute Gasteiger partial charge is 0.493 e. The molecule has 1 aliphatic carbocycles. The number of ether oxygens (including phenoxy) is 2. The molecule has 0 aromatic heterocycles. The van der Waals surface area contributed by atoms with E-state index < -0.39 is 17.7 Å². The van der Waals surface area contributed by atoms with Crippen LogP contribution in [0.15, 0.2) is 36.4 Å². The summed E-state index contributed by atoms with van der Waals surface area (Å²) in [5.41, 5.74) is 17.5. The number of carboxylic acids is 1. The first-order valence-electron chi connectivity index (χ1n) is 14.4. The van der Waals surface area contributed by atoms with Crippen LogP contribution >= 0.6 is 0 Å². The van der Waals surface area contributed by atoms with Crippen molar-refractivity contribution in [2.24, 2.45) is 0 Å². The van der Waals surface area contributed by atoms with E-state index in [9.17, 15) is 9.90 Å². The summed E-state index contributed by atoms with van der Waals surface area (Å²) in [5, 5.41) is 10.6. The molecule has 6 nitrogen and oxygen atoms in total. The summed E-state index contributed by atoms with van der Waals surface area (Å²) < 4.78 is 12.2. The van der Waals surface area contributed by atoms with Crippen LogP contribution in [-0.2, 0) is 16.0 Å². The molecule has 6 heteroatoms. The maximum Gasteiger partial charge on any atom is 0.337 e. The van der Waals surface area contributed by atoms with Gasteiger partial charge < -0.3 is 20.0 Å². The summed E-state index contributed by atoms with van der Waals surface area (Å²) >= 11 is 0. The van der Waals surface area contributed by atoms with Crippen LogP contribution < -0.4 is 15.6 Å². The van der Waals surface area contributed by atoms with Gasteiger partial charge in [0.25, 0.3) is 0 Å². The molecular formula is C34H42N2O4. The van der Waals surface area contributed by atoms with Crippen LogP contribution in [0, 0.1) is 27.7 Å². The topological polar surface area (TPSA) is 79.8 Å². The predicted octanol–water partition coefficient (Wildman–Crippen LogP) is 7.60. The molecule has 0 saturated heterocycles. The molecule has 40 heavy (non-hydrogen) atoms. The van der Waals surface area contributed by atoms with Gasteiger partial charge in [-0.15, -0.1) is 0 Å². The number of aryl methyl sites for hydroxylation is 3. The summed E-state index contributed by atoms with van der Waals surface area (Å²) in [4.78, 5) is 12.9. The number of hydrogen-bond acceptors (Lipinski definition) is 5. The molecule has 1 unspecified atom stereocenters. The van der Waals surface area contributed by atoms with Crippen molar-refractivity contribution in [2.45, 2.75) is 91.9 Å². The van der Waals surface area contributed by atoms with Gasteiger partial charge in [0.15, 0.2) is 6.10 Å². The van der Waals surface area contributed by atoms with Crippen molar-refractivity contribution >= 4 is 11.7 Å². The Hall–Kier alpha value is -3.35. The van der Waals surface area contributed by atoms with Crippen molar-refractivity contribution in [2.75, 3.05) is 12.0 Å². The number of hydrazine groups is 1. The van der Waals surface area contributed by atoms with E-state index in [1.54, 1.807) is 0 Å². The Bertz CT molecular complexity index is 1450. The van der Waals surface area contributed by atoms with E-state index in [1.807, 2.05) is 33.8 Å². The zero-order valence-electron chi connectivity index (χ0n) is 24.8. The van der Waals surface area contributed by atoms with Crippen LogP contribution in [0.2, 0.25) is 0 Å². The smallest absolute Gasteiger partial charge is 0.337 e. The third-order valence-corrected chi connectivity index (χ3v) is 7.98. The molecule has 1 atom stereocenters. The molecule has 0 bridgehead atoms. The third kappa shape index (κ3) is 5.74. The second-order valence-electron chi connectivity index (χ2n) is 12.4. The molecule has 1 heterocycles. The molecule has 0 amide bonds. The Kier molecular flexibility index (Phi) is 7.68. The fourth-order valence-corrected chi connectivity index (χ4v) is 5.64. The van der Waals surface area contributed by atoms with Crippen molar-refractivity contribution in [3.05, 3.63) is 69.8 Å². The quantitative estimate of drug-likeness (QED) is 0.254. The minimum Gasteiger partial charge on any atom is -0.493 e. The Morgan fingerprint density at radius 1 is 0.975 bits per heavy atom. The average Bonchev–Trinajstić information content (AvgIpc) is 3.73. The summed E-state index contributed by atoms with van der Waals surface area (Å²) in [6, 6.07) is 13.2. The van der Waals surface area contributed by atoms with Gasteiger partial charge in [0.2, 0.25) is 0 Å². The number of carboxylic acid groups (broad SMARTS) is 1. The fourth-order valence-electron chi connectivity index (χ4n) is 5.64. The standard InChI is InChI=1S/C34H42N2O4/c1-19-10-11-24(17-20(19)2)29-21(3)28(25-12-15-27-23(18-25)9-8-16-39-27)30(32(33(37)38)40-34(5,6)7)22(4)31(29)36-35-26-13-14-26/h10-12,15,17-18,26,32,35-36H,8-9,13-14,16H2,1-7H3,(H,37,38). The van der Waals surface area contributed by atoms with Crippen molar-refractivity contribution in [3.8, 4) is 28.0 Å². The van der Waals surface area contributed by atoms with Gasteiger partial charge in [0.05, 0.1) is 17.9 Å². The van der Waals surface area contributed by atoms with Gasteiger partial charge in [-0.05, 0) is 131 Å². The molecule has 3 aromatic carbocycles. The Labute approximate surface area is 238 Å². The van der Waals surface area contributed by atoms with E-state index >= 15 is 0 Å². The lowest BCUT2D eigenvalue weighted by atomic mass is 9.81. The number of hydrogen-bond donors (Lipinski definition) is 3. The molecule has 3 aromatic rings. The second kappa shape index (κ2) is 10.9. The van der Waals surface area contributed by atoms with Crippen LogP contribution in [0.3, 0.4) is 0 Å². The monoisotopic (exact) mass is 542 g/mol. The van der Waals surface area contributed by atoms with Crippen LogP contribution in [0.5, 0.6) is 5.75 Å². The minimum atomic E-state index is -1.14. The highest BCUT2D eigenvalue weighted by molar-refractivity contribution is 5.94. The highest BCUT2D eigenvalue weighted by atomic mass is 16.5. The van der Waals surface area contributed by atoms with Crippen molar-refractivity contribution in [1.82, 2.24) is 5.43 Å². The summed E-state index contributed by atoms with van der Waals surface area (Å²) in [7, 11) is 0. The second-order valence-corrected chi connectivity index (χ2v) is 12.4. The highest BCUT2D eigenvalue weighted by Gasteiger charge is 2.34. The summed E-state index contributed by atoms with van der Waals surface area (Å²) in [6.45, 7) is 14.8. The number of carbonyl (C=O) groups is 1. The van der Waals surface area contributed by atoms with Gasteiger partial charge in [-0.2, -0.15) is 0 Å². The zero-order valence-corrected chi connectivity index (χ0v) is 24.8. The summed E-state index contributed by atoms with van der Waals surface area (Å²) in [6.07, 6.45) is 3.01. The third-order valence-electron chi connectivity index (χ3n) is 7.98. The molecule has 3 N–H and O–H groups in total. The molecule has 0 spiro atoms. The zero-order chi connectivity index (χ0) is 28.8. The van der Waals surface area contributed by atoms with E-state index in [0.717, 1.165) is 82.7 Å². The number of aliphatic carboxylic acids is 1. The number of fused-ring (bicyclic) bond motifs is 1. The molecule has 5 rings (SSSR count). The van der Waals surface area contributed by atoms with Crippen LogP contribution in [0.1, 0.15) is 79.5 Å². The van der Waals surface area contributed by atoms with Crippen LogP contribution in [0.25, 0.3) is 22.3 Å². The SMILES string of the molecule is Cc1ccc(-c2c(C)c(-c3ccc4c(c3)CCCO4)c(C(OC(C)(C)C)C(=O)O)c(C)c2NNC2CC2)cc1C. The first kappa shape index (κ1) is 28.2. The van der Waals surface area contributed by atoms with E-state index in [4.69, 9.17) is 9.47 Å². The fraction of sp³-hybridized carbons (Fsp3) is 0.441. The number of benzene rings is 3. The van der Waals surface area contributed by atoms with Gasteiger partial charge in [-0.1, -0.05) is 24.3 Å². The lowest BCUT2D eigenvalue weighted by molar-refractivity contribution is -0.160. The van der Waals surface area contributed by atoms with E-state index in [-0.39, 0.29) is 0 Å². The minimum absolute atomic E-state index is 0.414. The van der Waals surface area contributed by atoms with E-state index in [0.29, 0.717) is 11.6 Å². The lowest BCUT2D eigenvalue weighted by Crippen LogP contribution is -2.30. The number of anilines is 1. The average molecular weight is 543 g/mol. The molecule has 2 aliphatic rings. The van der Waals surface area contributed by atoms with Crippen LogP contribution in [0.4, 0.5) is 5.69 Å². The van der Waals surface area contributed by atoms with E-state index in [2.05, 4.69) is 62.0 Å². The molecule has 1 fully saturated rings. The van der Waals surface area contributed by atoms with Crippen molar-refractivity contribution in [3.63, 3.8) is 0 Å². The van der Waals surface area contributed by atoms with Gasteiger partial charge in [-0.3, -0.25) is 0 Å². The van der Waals surface area contributed by atoms with Gasteiger partial charge in [0.1, 0.15) is 5.75 Å². The Morgan fingerprint density at radius 2 is 1.68 bits per heavy atom. The highest BCUT2D eigenvalue weighted by Crippen LogP contribution is 2.47. The van der Waals surface area contributed by atoms with Crippen molar-refractivity contribution < 1.29 is 19.4 Å². The van der Waals surface area contributed by atoms with Crippen LogP contribution in [-0.4, -0.2) is 29.3 Å². The summed E-state index contributed by atoms with van der Waals surface area (Å²) in [5.74, 6) is -0.0899. The van der Waals surface area contributed by atoms with Gasteiger partial charge in [-0.25, -0.2) is 10.2 Å². The molecule has 1 aliphatic heterocycles. The predicted molar refractivity (Wildman–Crippen MR) is 161 cm³/mol. The molecular weight excluding hydrogens is 500 g/mol. The Morgan fingerprint density at radius 3 is 2.33 bits per heavy atom. The van der Waals surface area contributed by atoms with Gasteiger partial charge >= 0.3 is 5.97 Å². The molecule has 212 valence electrons. The number of rotatable bonds is 8. The normalized spacial score (nSPS) is 15.8. The number of nitrogens with one attached hydrogen (secondary N) is 2. The first-order chi connectivity index (χ1) is 18.9. The molecule has 1 saturated carbocycles. The van der Waals surface area contributed by atoms with Crippen molar-refractivity contribution in [1.29, 1.82) is 0 Å². The maximum absolute atomic E-state index is 12.9. The first-order valence-corrected chi connectivity index (χ1v) is 14.4. The molecule has 0 radical (unpaired) electrons. The lowest BCUT2D eigenvalue weighted by Gasteiger charge is -2.31. The Balaban J connectivity index is 1.83. The van der Waals surface area contributed by atoms with E-state index in [1.165, 1.54) is 11.1 Å². The van der Waals surface area contributed by atoms with Gasteiger partial charge in [0, 0.05) is 17.2 Å².